The van der Waals surface area contributed by atoms with E-state index in [2.05, 4.69) is 5.32 Å². The highest BCUT2D eigenvalue weighted by molar-refractivity contribution is 7.92. The lowest BCUT2D eigenvalue weighted by Crippen LogP contribution is -2.45. The number of fused-ring (bicyclic) bond motifs is 2. The van der Waals surface area contributed by atoms with Crippen molar-refractivity contribution in [1.82, 2.24) is 0 Å². The van der Waals surface area contributed by atoms with E-state index in [0.29, 0.717) is 18.4 Å². The maximum absolute atomic E-state index is 13.5. The van der Waals surface area contributed by atoms with Gasteiger partial charge < -0.3 is 10.4 Å². The molecule has 5 nitrogen and oxygen atoms in total. The first-order valence-electron chi connectivity index (χ1n) is 10.4. The van der Waals surface area contributed by atoms with Crippen LogP contribution in [-0.2, 0) is 9.84 Å². The van der Waals surface area contributed by atoms with E-state index in [-0.39, 0.29) is 33.0 Å². The molecule has 2 saturated carbocycles. The van der Waals surface area contributed by atoms with Crippen molar-refractivity contribution in [3.05, 3.63) is 58.1 Å². The summed E-state index contributed by atoms with van der Waals surface area (Å²) >= 11 is 6.30. The first-order chi connectivity index (χ1) is 14.9. The fourth-order valence-electron chi connectivity index (χ4n) is 5.08. The molecular weight excluding hydrogens is 460 g/mol. The Morgan fingerprint density at radius 2 is 1.75 bits per heavy atom. The lowest BCUT2D eigenvalue weighted by molar-refractivity contribution is -0.0413. The number of benzene rings is 2. The van der Waals surface area contributed by atoms with Crippen LogP contribution in [0.2, 0.25) is 5.02 Å². The van der Waals surface area contributed by atoms with Crippen molar-refractivity contribution in [2.45, 2.75) is 55.3 Å². The van der Waals surface area contributed by atoms with Crippen molar-refractivity contribution < 1.29 is 27.1 Å². The standard InChI is InChI=1S/C23H24ClF2NO4S/c1-12-7-18(24)21(11-17(12)22(28)27-15-5-6-19(25)20(26)10-15)32(30,31)16-8-13-3-4-14(9-16)23(13,2)29/h5-7,10-11,13-14,16,29H,3-4,8-9H2,1-2H3,(H,27,28)/t13-,14?,16-,23+/m1/s1. The number of sulfone groups is 1. The molecule has 2 aliphatic carbocycles. The predicted octanol–water partition coefficient (Wildman–Crippen LogP) is 4.89. The monoisotopic (exact) mass is 483 g/mol. The van der Waals surface area contributed by atoms with Gasteiger partial charge in [-0.15, -0.1) is 0 Å². The molecule has 2 fully saturated rings. The molecule has 32 heavy (non-hydrogen) atoms. The van der Waals surface area contributed by atoms with Gasteiger partial charge >= 0.3 is 0 Å². The average Bonchev–Trinajstić information content (AvgIpc) is 2.87. The number of rotatable bonds is 4. The number of anilines is 1. The van der Waals surface area contributed by atoms with E-state index in [1.807, 2.05) is 0 Å². The fraction of sp³-hybridized carbons (Fsp3) is 0.435. The van der Waals surface area contributed by atoms with Crippen LogP contribution >= 0.6 is 11.6 Å². The van der Waals surface area contributed by atoms with Crippen LogP contribution in [0.5, 0.6) is 0 Å². The number of halogens is 3. The van der Waals surface area contributed by atoms with Crippen LogP contribution < -0.4 is 5.32 Å². The number of hydrogen-bond donors (Lipinski definition) is 2. The molecule has 0 aliphatic heterocycles. The molecule has 1 unspecified atom stereocenters. The van der Waals surface area contributed by atoms with Gasteiger partial charge in [0.15, 0.2) is 21.5 Å². The van der Waals surface area contributed by atoms with Crippen molar-refractivity contribution in [1.29, 1.82) is 0 Å². The van der Waals surface area contributed by atoms with Crippen molar-refractivity contribution in [2.24, 2.45) is 11.8 Å². The van der Waals surface area contributed by atoms with Gasteiger partial charge in [0.25, 0.3) is 5.91 Å². The zero-order chi connectivity index (χ0) is 23.4. The van der Waals surface area contributed by atoms with Gasteiger partial charge in [-0.3, -0.25) is 4.79 Å². The Morgan fingerprint density at radius 3 is 2.34 bits per heavy atom. The second kappa shape index (κ2) is 8.08. The quantitative estimate of drug-likeness (QED) is 0.648. The molecule has 0 heterocycles. The highest BCUT2D eigenvalue weighted by atomic mass is 35.5. The molecule has 4 atom stereocenters. The van der Waals surface area contributed by atoms with Crippen LogP contribution in [-0.4, -0.2) is 30.3 Å². The van der Waals surface area contributed by atoms with E-state index in [1.165, 1.54) is 18.2 Å². The summed E-state index contributed by atoms with van der Waals surface area (Å²) in [4.78, 5) is 12.7. The highest BCUT2D eigenvalue weighted by Gasteiger charge is 2.53. The molecule has 2 aliphatic rings. The molecule has 2 aromatic rings. The molecule has 0 radical (unpaired) electrons. The number of amides is 1. The van der Waals surface area contributed by atoms with Crippen molar-refractivity contribution in [3.63, 3.8) is 0 Å². The first kappa shape index (κ1) is 23.1. The molecular formula is C23H24ClF2NO4S. The number of aryl methyl sites for hydroxylation is 1. The summed E-state index contributed by atoms with van der Waals surface area (Å²) in [5.74, 6) is -3.00. The zero-order valence-corrected chi connectivity index (χ0v) is 19.2. The minimum atomic E-state index is -3.86. The van der Waals surface area contributed by atoms with E-state index >= 15 is 0 Å². The summed E-state index contributed by atoms with van der Waals surface area (Å²) < 4.78 is 53.6. The van der Waals surface area contributed by atoms with Crippen LogP contribution in [0.3, 0.4) is 0 Å². The normalized spacial score (nSPS) is 27.4. The molecule has 0 aromatic heterocycles. The fourth-order valence-corrected chi connectivity index (χ4v) is 7.57. The van der Waals surface area contributed by atoms with E-state index in [1.54, 1.807) is 13.8 Å². The third-order valence-corrected chi connectivity index (χ3v) is 9.70. The van der Waals surface area contributed by atoms with Crippen LogP contribution in [0.4, 0.5) is 14.5 Å². The molecule has 2 aromatic carbocycles. The molecule has 0 saturated heterocycles. The van der Waals surface area contributed by atoms with Gasteiger partial charge in [0.2, 0.25) is 0 Å². The van der Waals surface area contributed by atoms with E-state index in [9.17, 15) is 27.1 Å². The Bertz CT molecular complexity index is 1180. The lowest BCUT2D eigenvalue weighted by atomic mass is 9.76. The minimum absolute atomic E-state index is 0.0246. The van der Waals surface area contributed by atoms with Gasteiger partial charge in [0.05, 0.1) is 20.8 Å². The summed E-state index contributed by atoms with van der Waals surface area (Å²) in [7, 11) is -3.86. The van der Waals surface area contributed by atoms with E-state index in [4.69, 9.17) is 11.6 Å². The number of hydrogen-bond acceptors (Lipinski definition) is 4. The third-order valence-electron chi connectivity index (χ3n) is 7.06. The van der Waals surface area contributed by atoms with Crippen molar-refractivity contribution in [2.75, 3.05) is 5.32 Å². The van der Waals surface area contributed by atoms with Crippen LogP contribution in [0.15, 0.2) is 35.2 Å². The Morgan fingerprint density at radius 1 is 1.12 bits per heavy atom. The van der Waals surface area contributed by atoms with Crippen LogP contribution in [0.25, 0.3) is 0 Å². The highest BCUT2D eigenvalue weighted by Crippen LogP contribution is 2.51. The Hall–Kier alpha value is -2.03. The van der Waals surface area contributed by atoms with Gasteiger partial charge in [-0.2, -0.15) is 0 Å². The summed E-state index contributed by atoms with van der Waals surface area (Å²) in [6.07, 6.45) is 2.25. The summed E-state index contributed by atoms with van der Waals surface area (Å²) in [6, 6.07) is 5.61. The SMILES string of the molecule is Cc1cc(Cl)c(S(=O)(=O)[C@H]2CC3CC[C@H](C2)[C@]3(C)O)cc1C(=O)Nc1ccc(F)c(F)c1. The molecule has 2 bridgehead atoms. The van der Waals surface area contributed by atoms with Gasteiger partial charge in [0.1, 0.15) is 0 Å². The van der Waals surface area contributed by atoms with Crippen LogP contribution in [0.1, 0.15) is 48.5 Å². The molecule has 2 N–H and O–H groups in total. The molecule has 1 amide bonds. The summed E-state index contributed by atoms with van der Waals surface area (Å²) in [6.45, 7) is 3.39. The van der Waals surface area contributed by atoms with Crippen molar-refractivity contribution >= 4 is 33.0 Å². The molecule has 4 rings (SSSR count). The maximum atomic E-state index is 13.5. The minimum Gasteiger partial charge on any atom is -0.390 e. The van der Waals surface area contributed by atoms with Gasteiger partial charge in [0, 0.05) is 17.3 Å². The first-order valence-corrected chi connectivity index (χ1v) is 12.4. The zero-order valence-electron chi connectivity index (χ0n) is 17.7. The average molecular weight is 484 g/mol. The predicted molar refractivity (Wildman–Crippen MR) is 118 cm³/mol. The molecule has 9 heteroatoms. The van der Waals surface area contributed by atoms with E-state index in [0.717, 1.165) is 25.0 Å². The second-order valence-corrected chi connectivity index (χ2v) is 11.6. The molecule has 172 valence electrons. The second-order valence-electron chi connectivity index (χ2n) is 9.02. The third kappa shape index (κ3) is 3.93. The number of aliphatic hydroxyl groups is 1. The Labute approximate surface area is 190 Å². The summed E-state index contributed by atoms with van der Waals surface area (Å²) in [5.41, 5.74) is -0.304. The number of carbonyl (C=O) groups excluding carboxylic acids is 1. The largest absolute Gasteiger partial charge is 0.390 e. The van der Waals surface area contributed by atoms with Gasteiger partial charge in [-0.1, -0.05) is 11.6 Å². The lowest BCUT2D eigenvalue weighted by Gasteiger charge is -2.40. The number of nitrogens with one attached hydrogen (secondary N) is 1. The smallest absolute Gasteiger partial charge is 0.255 e. The van der Waals surface area contributed by atoms with Gasteiger partial charge in [-0.05, 0) is 81.2 Å². The topological polar surface area (TPSA) is 83.5 Å². The summed E-state index contributed by atoms with van der Waals surface area (Å²) in [5, 5.41) is 12.5. The number of carbonyl (C=O) groups is 1. The van der Waals surface area contributed by atoms with Crippen molar-refractivity contribution in [3.8, 4) is 0 Å². The van der Waals surface area contributed by atoms with Gasteiger partial charge in [-0.25, -0.2) is 17.2 Å². The van der Waals surface area contributed by atoms with Crippen LogP contribution in [0, 0.1) is 30.4 Å². The Kier molecular flexibility index (Phi) is 5.84. The molecule has 0 spiro atoms. The Balaban J connectivity index is 1.65. The van der Waals surface area contributed by atoms with E-state index < -0.39 is 38.2 Å². The maximum Gasteiger partial charge on any atom is 0.255 e.